The average Bonchev–Trinajstić information content (AvgIpc) is 3.38. The van der Waals surface area contributed by atoms with Crippen molar-refractivity contribution in [2.75, 3.05) is 23.7 Å². The van der Waals surface area contributed by atoms with Crippen LogP contribution < -0.4 is 9.62 Å². The molecule has 2 aliphatic carbocycles. The summed E-state index contributed by atoms with van der Waals surface area (Å²) in [5.41, 5.74) is -0.382. The van der Waals surface area contributed by atoms with E-state index in [1.54, 1.807) is 6.07 Å². The van der Waals surface area contributed by atoms with E-state index in [9.17, 15) is 13.2 Å². The molecule has 32 heavy (non-hydrogen) atoms. The van der Waals surface area contributed by atoms with Crippen LogP contribution in [-0.4, -0.2) is 43.0 Å². The SMILES string of the molecule is CC1(C)C2CCC1(CS(=O)(=O)NCc1nc(N3CCCC3)c3ccc(Cl)cc3n1)C(=O)C2. The quantitative estimate of drug-likeness (QED) is 0.683. The Morgan fingerprint density at radius 2 is 1.97 bits per heavy atom. The first-order valence-electron chi connectivity index (χ1n) is 11.3. The van der Waals surface area contributed by atoms with Gasteiger partial charge in [-0.2, -0.15) is 0 Å². The number of halogens is 1. The zero-order valence-electron chi connectivity index (χ0n) is 18.5. The van der Waals surface area contributed by atoms with E-state index in [0.29, 0.717) is 29.2 Å². The van der Waals surface area contributed by atoms with Crippen LogP contribution in [-0.2, 0) is 21.4 Å². The van der Waals surface area contributed by atoms with Crippen LogP contribution in [0, 0.1) is 16.7 Å². The lowest BCUT2D eigenvalue weighted by Gasteiger charge is -2.36. The number of Topliss-reactive ketones (excluding diaryl/α,β-unsaturated/α-hetero) is 1. The van der Waals surface area contributed by atoms with Gasteiger partial charge < -0.3 is 4.90 Å². The van der Waals surface area contributed by atoms with Crippen LogP contribution in [0.25, 0.3) is 10.9 Å². The summed E-state index contributed by atoms with van der Waals surface area (Å²) in [4.78, 5) is 24.3. The number of nitrogens with one attached hydrogen (secondary N) is 1. The fourth-order valence-corrected chi connectivity index (χ4v) is 7.98. The van der Waals surface area contributed by atoms with Gasteiger partial charge in [0, 0.05) is 35.3 Å². The van der Waals surface area contributed by atoms with E-state index in [0.717, 1.165) is 43.6 Å². The van der Waals surface area contributed by atoms with Crippen LogP contribution in [0.1, 0.15) is 51.8 Å². The zero-order valence-corrected chi connectivity index (χ0v) is 20.1. The highest BCUT2D eigenvalue weighted by Crippen LogP contribution is 2.64. The van der Waals surface area contributed by atoms with Crippen LogP contribution in [0.2, 0.25) is 5.02 Å². The third-order valence-electron chi connectivity index (χ3n) is 8.12. The Morgan fingerprint density at radius 3 is 2.62 bits per heavy atom. The van der Waals surface area contributed by atoms with Gasteiger partial charge in [-0.05, 0) is 55.2 Å². The van der Waals surface area contributed by atoms with Crippen LogP contribution in [0.15, 0.2) is 18.2 Å². The second kappa shape index (κ2) is 7.64. The summed E-state index contributed by atoms with van der Waals surface area (Å²) in [6, 6.07) is 5.53. The van der Waals surface area contributed by atoms with E-state index in [1.807, 2.05) is 26.0 Å². The van der Waals surface area contributed by atoms with Crippen molar-refractivity contribution in [3.8, 4) is 0 Å². The van der Waals surface area contributed by atoms with Crippen molar-refractivity contribution < 1.29 is 13.2 Å². The number of anilines is 1. The molecule has 1 aliphatic heterocycles. The molecule has 3 fully saturated rings. The number of fused-ring (bicyclic) bond motifs is 3. The van der Waals surface area contributed by atoms with Crippen molar-refractivity contribution in [1.29, 1.82) is 0 Å². The van der Waals surface area contributed by atoms with E-state index in [2.05, 4.69) is 14.6 Å². The Bertz CT molecular complexity index is 1190. The Morgan fingerprint density at radius 1 is 1.22 bits per heavy atom. The number of sulfonamides is 1. The van der Waals surface area contributed by atoms with Crippen molar-refractivity contribution in [1.82, 2.24) is 14.7 Å². The molecule has 2 bridgehead atoms. The lowest BCUT2D eigenvalue weighted by molar-refractivity contribution is -0.128. The van der Waals surface area contributed by atoms with Crippen LogP contribution >= 0.6 is 11.6 Å². The molecule has 2 saturated carbocycles. The summed E-state index contributed by atoms with van der Waals surface area (Å²) in [6.07, 6.45) is 4.27. The van der Waals surface area contributed by atoms with Crippen molar-refractivity contribution in [3.63, 3.8) is 0 Å². The smallest absolute Gasteiger partial charge is 0.213 e. The monoisotopic (exact) mass is 476 g/mol. The van der Waals surface area contributed by atoms with E-state index < -0.39 is 15.4 Å². The Kier molecular flexibility index (Phi) is 5.26. The third kappa shape index (κ3) is 3.51. The highest BCUT2D eigenvalue weighted by atomic mass is 35.5. The van der Waals surface area contributed by atoms with Crippen molar-refractivity contribution >= 4 is 44.1 Å². The van der Waals surface area contributed by atoms with Gasteiger partial charge in [-0.3, -0.25) is 4.79 Å². The molecule has 1 aromatic carbocycles. The molecule has 172 valence electrons. The molecule has 9 heteroatoms. The first kappa shape index (κ1) is 22.0. The van der Waals surface area contributed by atoms with Gasteiger partial charge in [0.1, 0.15) is 17.4 Å². The maximum atomic E-state index is 13.1. The summed E-state index contributed by atoms with van der Waals surface area (Å²) >= 11 is 6.19. The first-order valence-corrected chi connectivity index (χ1v) is 13.4. The molecule has 0 radical (unpaired) electrons. The lowest BCUT2D eigenvalue weighted by Crippen LogP contribution is -2.45. The average molecular weight is 477 g/mol. The maximum Gasteiger partial charge on any atom is 0.213 e. The number of carbonyl (C=O) groups is 1. The number of nitrogens with zero attached hydrogens (tertiary/aromatic N) is 3. The van der Waals surface area contributed by atoms with Gasteiger partial charge in [-0.1, -0.05) is 25.4 Å². The number of ketones is 1. The summed E-state index contributed by atoms with van der Waals surface area (Å²) in [5.74, 6) is 1.44. The summed E-state index contributed by atoms with van der Waals surface area (Å²) in [5, 5.41) is 1.49. The number of aromatic nitrogens is 2. The maximum absolute atomic E-state index is 13.1. The molecule has 1 aromatic heterocycles. The van der Waals surface area contributed by atoms with Crippen LogP contribution in [0.5, 0.6) is 0 Å². The van der Waals surface area contributed by atoms with Gasteiger partial charge in [0.15, 0.2) is 0 Å². The first-order chi connectivity index (χ1) is 15.1. The van der Waals surface area contributed by atoms with Gasteiger partial charge in [0.25, 0.3) is 0 Å². The molecule has 3 aliphatic rings. The van der Waals surface area contributed by atoms with Crippen LogP contribution in [0.3, 0.4) is 0 Å². The van der Waals surface area contributed by atoms with Gasteiger partial charge >= 0.3 is 0 Å². The second-order valence-corrected chi connectivity index (χ2v) is 12.3. The Balaban J connectivity index is 1.40. The van der Waals surface area contributed by atoms with Crippen molar-refractivity contribution in [2.45, 2.75) is 52.5 Å². The number of rotatable bonds is 6. The zero-order chi connectivity index (χ0) is 22.7. The minimum Gasteiger partial charge on any atom is -0.356 e. The minimum atomic E-state index is -3.69. The van der Waals surface area contributed by atoms with E-state index in [-0.39, 0.29) is 29.4 Å². The highest BCUT2D eigenvalue weighted by molar-refractivity contribution is 7.89. The molecular weight excluding hydrogens is 448 g/mol. The van der Waals surface area contributed by atoms with Crippen molar-refractivity contribution in [3.05, 3.63) is 29.0 Å². The summed E-state index contributed by atoms with van der Waals surface area (Å²) in [6.45, 7) is 5.91. The molecule has 2 heterocycles. The second-order valence-electron chi connectivity index (χ2n) is 10.1. The molecule has 2 unspecified atom stereocenters. The summed E-state index contributed by atoms with van der Waals surface area (Å²) in [7, 11) is -3.69. The molecule has 7 nitrogen and oxygen atoms in total. The van der Waals surface area contributed by atoms with E-state index in [1.165, 1.54) is 0 Å². The van der Waals surface area contributed by atoms with E-state index in [4.69, 9.17) is 16.6 Å². The third-order valence-corrected chi connectivity index (χ3v) is 9.81. The topological polar surface area (TPSA) is 92.3 Å². The summed E-state index contributed by atoms with van der Waals surface area (Å²) < 4.78 is 28.8. The van der Waals surface area contributed by atoms with Crippen molar-refractivity contribution in [2.24, 2.45) is 16.7 Å². The predicted octanol–water partition coefficient (Wildman–Crippen LogP) is 3.70. The van der Waals surface area contributed by atoms with E-state index >= 15 is 0 Å². The molecule has 2 aromatic rings. The fraction of sp³-hybridized carbons (Fsp3) is 0.609. The van der Waals surface area contributed by atoms with Gasteiger partial charge in [-0.25, -0.2) is 23.1 Å². The minimum absolute atomic E-state index is 0.0141. The van der Waals surface area contributed by atoms with Gasteiger partial charge in [-0.15, -0.1) is 0 Å². The molecular formula is C23H29ClN4O3S. The Hall–Kier alpha value is -1.77. The standard InChI is InChI=1S/C23H29ClN4O3S/c1-22(2)15-7-8-23(22,19(29)11-15)14-32(30,31)25-13-20-26-18-12-16(24)5-6-17(18)21(27-20)28-9-3-4-10-28/h5-6,12,15,25H,3-4,7-11,13-14H2,1-2H3. The lowest BCUT2D eigenvalue weighted by atomic mass is 9.70. The fourth-order valence-electron chi connectivity index (χ4n) is 6.04. The van der Waals surface area contributed by atoms with Gasteiger partial charge in [0.05, 0.1) is 17.8 Å². The van der Waals surface area contributed by atoms with Crippen LogP contribution in [0.4, 0.5) is 5.82 Å². The number of benzene rings is 1. The molecule has 1 saturated heterocycles. The molecule has 1 N–H and O–H groups in total. The molecule has 0 spiro atoms. The molecule has 5 rings (SSSR count). The normalized spacial score (nSPS) is 27.0. The highest BCUT2D eigenvalue weighted by Gasteiger charge is 2.65. The number of carbonyl (C=O) groups excluding carboxylic acids is 1. The number of hydrogen-bond acceptors (Lipinski definition) is 6. The number of hydrogen-bond donors (Lipinski definition) is 1. The predicted molar refractivity (Wildman–Crippen MR) is 125 cm³/mol. The molecule has 2 atom stereocenters. The Labute approximate surface area is 194 Å². The van der Waals surface area contributed by atoms with Gasteiger partial charge in [0.2, 0.25) is 10.0 Å². The largest absolute Gasteiger partial charge is 0.356 e. The molecule has 0 amide bonds.